The zero-order valence-corrected chi connectivity index (χ0v) is 18.9. The number of halogens is 1. The third kappa shape index (κ3) is 5.29. The van der Waals surface area contributed by atoms with Gasteiger partial charge >= 0.3 is 6.09 Å². The Hall–Kier alpha value is -2.78. The maximum Gasteiger partial charge on any atom is 0.409 e. The van der Waals surface area contributed by atoms with Crippen molar-refractivity contribution in [2.75, 3.05) is 37.5 Å². The minimum absolute atomic E-state index is 0.0183. The standard InChI is InChI=1S/C21H24ClN3O5S/c1-3-30-21(27)25-12-10-24(11-13-25)20(26)16-8-9-17(22)19(14-16)31(28,29)23-18-7-5-4-6-15(18)2/h4-9,14,23H,3,10-13H2,1-2H3. The van der Waals surface area contributed by atoms with E-state index in [2.05, 4.69) is 4.72 Å². The summed E-state index contributed by atoms with van der Waals surface area (Å²) in [5.74, 6) is -0.326. The molecule has 0 unspecified atom stereocenters. The maximum absolute atomic E-state index is 12.9. The van der Waals surface area contributed by atoms with E-state index in [4.69, 9.17) is 16.3 Å². The third-order valence-electron chi connectivity index (χ3n) is 4.95. The van der Waals surface area contributed by atoms with Gasteiger partial charge in [0.15, 0.2) is 0 Å². The first-order valence-corrected chi connectivity index (χ1v) is 11.7. The van der Waals surface area contributed by atoms with Crippen LogP contribution in [0.15, 0.2) is 47.4 Å². The van der Waals surface area contributed by atoms with Gasteiger partial charge in [0.2, 0.25) is 0 Å². The third-order valence-corrected chi connectivity index (χ3v) is 6.80. The van der Waals surface area contributed by atoms with Crippen LogP contribution in [0.3, 0.4) is 0 Å². The fraction of sp³-hybridized carbons (Fsp3) is 0.333. The summed E-state index contributed by atoms with van der Waals surface area (Å²) in [5.41, 5.74) is 1.40. The van der Waals surface area contributed by atoms with Gasteiger partial charge in [0.25, 0.3) is 15.9 Å². The van der Waals surface area contributed by atoms with E-state index in [0.29, 0.717) is 31.9 Å². The van der Waals surface area contributed by atoms with E-state index >= 15 is 0 Å². The molecule has 1 N–H and O–H groups in total. The molecule has 0 bridgehead atoms. The molecule has 2 aromatic rings. The van der Waals surface area contributed by atoms with Crippen LogP contribution in [0.1, 0.15) is 22.8 Å². The molecule has 1 aliphatic rings. The van der Waals surface area contributed by atoms with Crippen LogP contribution in [0.4, 0.5) is 10.5 Å². The number of amides is 2. The number of hydrogen-bond acceptors (Lipinski definition) is 5. The molecule has 0 aromatic heterocycles. The van der Waals surface area contributed by atoms with Crippen molar-refractivity contribution in [3.63, 3.8) is 0 Å². The van der Waals surface area contributed by atoms with Crippen LogP contribution in [0.5, 0.6) is 0 Å². The second-order valence-corrected chi connectivity index (χ2v) is 9.10. The first kappa shape index (κ1) is 22.9. The highest BCUT2D eigenvalue weighted by Crippen LogP contribution is 2.27. The summed E-state index contributed by atoms with van der Waals surface area (Å²) in [6.07, 6.45) is -0.406. The molecule has 2 aromatic carbocycles. The molecule has 1 fully saturated rings. The fourth-order valence-electron chi connectivity index (χ4n) is 3.22. The number of para-hydroxylation sites is 1. The maximum atomic E-state index is 12.9. The molecule has 1 heterocycles. The largest absolute Gasteiger partial charge is 0.450 e. The second-order valence-electron chi connectivity index (χ2n) is 7.04. The lowest BCUT2D eigenvalue weighted by molar-refractivity contribution is 0.0570. The van der Waals surface area contributed by atoms with Gasteiger partial charge in [0, 0.05) is 31.7 Å². The Bertz CT molecular complexity index is 1080. The smallest absolute Gasteiger partial charge is 0.409 e. The van der Waals surface area contributed by atoms with Crippen molar-refractivity contribution in [1.29, 1.82) is 0 Å². The predicted octanol–water partition coefficient (Wildman–Crippen LogP) is 3.36. The number of piperazine rings is 1. The van der Waals surface area contributed by atoms with Gasteiger partial charge in [-0.05, 0) is 43.7 Å². The van der Waals surface area contributed by atoms with E-state index in [9.17, 15) is 18.0 Å². The van der Waals surface area contributed by atoms with Crippen LogP contribution in [0.2, 0.25) is 5.02 Å². The molecule has 1 saturated heterocycles. The highest BCUT2D eigenvalue weighted by atomic mass is 35.5. The summed E-state index contributed by atoms with van der Waals surface area (Å²) >= 11 is 6.16. The van der Waals surface area contributed by atoms with E-state index in [-0.39, 0.29) is 28.0 Å². The first-order chi connectivity index (χ1) is 14.7. The molecule has 3 rings (SSSR count). The number of rotatable bonds is 5. The molecule has 166 valence electrons. The Kier molecular flexibility index (Phi) is 7.07. The van der Waals surface area contributed by atoms with Crippen molar-refractivity contribution in [3.05, 3.63) is 58.6 Å². The average molecular weight is 466 g/mol. The number of sulfonamides is 1. The van der Waals surface area contributed by atoms with E-state index < -0.39 is 16.1 Å². The molecule has 2 amide bonds. The Morgan fingerprint density at radius 3 is 2.35 bits per heavy atom. The quantitative estimate of drug-likeness (QED) is 0.730. The number of nitrogens with zero attached hydrogens (tertiary/aromatic N) is 2. The predicted molar refractivity (Wildman–Crippen MR) is 118 cm³/mol. The molecule has 0 saturated carbocycles. The Morgan fingerprint density at radius 1 is 1.06 bits per heavy atom. The fourth-order valence-corrected chi connectivity index (χ4v) is 4.88. The minimum Gasteiger partial charge on any atom is -0.450 e. The summed E-state index contributed by atoms with van der Waals surface area (Å²) in [4.78, 5) is 27.7. The normalized spacial score (nSPS) is 14.3. The van der Waals surface area contributed by atoms with Gasteiger partial charge in [0.1, 0.15) is 4.90 Å². The Morgan fingerprint density at radius 2 is 1.71 bits per heavy atom. The van der Waals surface area contributed by atoms with Crippen LogP contribution in [-0.4, -0.2) is 63.0 Å². The van der Waals surface area contributed by atoms with E-state index in [1.54, 1.807) is 43.0 Å². The number of nitrogens with one attached hydrogen (secondary N) is 1. The molecule has 0 atom stereocenters. The lowest BCUT2D eigenvalue weighted by atomic mass is 10.2. The lowest BCUT2D eigenvalue weighted by Gasteiger charge is -2.34. The molecule has 0 radical (unpaired) electrons. The summed E-state index contributed by atoms with van der Waals surface area (Å²) in [6, 6.07) is 11.1. The minimum atomic E-state index is -4.00. The van der Waals surface area contributed by atoms with Gasteiger partial charge in [-0.3, -0.25) is 9.52 Å². The van der Waals surface area contributed by atoms with Crippen LogP contribution >= 0.6 is 11.6 Å². The molecular weight excluding hydrogens is 442 g/mol. The number of aryl methyl sites for hydroxylation is 1. The van der Waals surface area contributed by atoms with Crippen molar-refractivity contribution in [2.24, 2.45) is 0 Å². The van der Waals surface area contributed by atoms with Crippen LogP contribution in [0, 0.1) is 6.92 Å². The van der Waals surface area contributed by atoms with Crippen molar-refractivity contribution < 1.29 is 22.7 Å². The molecule has 8 nitrogen and oxygen atoms in total. The Labute approximate surface area is 186 Å². The van der Waals surface area contributed by atoms with Crippen LogP contribution in [0.25, 0.3) is 0 Å². The number of anilines is 1. The lowest BCUT2D eigenvalue weighted by Crippen LogP contribution is -2.50. The van der Waals surface area contributed by atoms with E-state index in [1.807, 2.05) is 0 Å². The summed E-state index contributed by atoms with van der Waals surface area (Å²) in [5, 5.41) is 0.0183. The van der Waals surface area contributed by atoms with Crippen molar-refractivity contribution in [2.45, 2.75) is 18.7 Å². The highest BCUT2D eigenvalue weighted by molar-refractivity contribution is 7.92. The van der Waals surface area contributed by atoms with Gasteiger partial charge < -0.3 is 14.5 Å². The van der Waals surface area contributed by atoms with Crippen molar-refractivity contribution >= 4 is 39.3 Å². The summed E-state index contributed by atoms with van der Waals surface area (Å²) in [7, 11) is -4.00. The van der Waals surface area contributed by atoms with Crippen LogP contribution in [-0.2, 0) is 14.8 Å². The van der Waals surface area contributed by atoms with Gasteiger partial charge in [-0.1, -0.05) is 29.8 Å². The van der Waals surface area contributed by atoms with Gasteiger partial charge in [-0.15, -0.1) is 0 Å². The molecule has 10 heteroatoms. The molecule has 0 aliphatic carbocycles. The monoisotopic (exact) mass is 465 g/mol. The van der Waals surface area contributed by atoms with Crippen LogP contribution < -0.4 is 4.72 Å². The van der Waals surface area contributed by atoms with Crippen molar-refractivity contribution in [3.8, 4) is 0 Å². The summed E-state index contributed by atoms with van der Waals surface area (Å²) < 4.78 is 33.4. The second kappa shape index (κ2) is 9.57. The SMILES string of the molecule is CCOC(=O)N1CCN(C(=O)c2ccc(Cl)c(S(=O)(=O)Nc3ccccc3C)c2)CC1. The highest BCUT2D eigenvalue weighted by Gasteiger charge is 2.27. The zero-order valence-electron chi connectivity index (χ0n) is 17.3. The Balaban J connectivity index is 1.77. The van der Waals surface area contributed by atoms with E-state index in [1.165, 1.54) is 23.1 Å². The number of hydrogen-bond donors (Lipinski definition) is 1. The number of carbonyl (C=O) groups is 2. The number of ether oxygens (including phenoxy) is 1. The number of carbonyl (C=O) groups excluding carboxylic acids is 2. The van der Waals surface area contributed by atoms with Gasteiger partial charge in [-0.2, -0.15) is 0 Å². The zero-order chi connectivity index (χ0) is 22.6. The molecular formula is C21H24ClN3O5S. The first-order valence-electron chi connectivity index (χ1n) is 9.82. The average Bonchev–Trinajstić information content (AvgIpc) is 2.75. The van der Waals surface area contributed by atoms with Gasteiger partial charge in [0.05, 0.1) is 17.3 Å². The van der Waals surface area contributed by atoms with Crippen molar-refractivity contribution in [1.82, 2.24) is 9.80 Å². The molecule has 1 aliphatic heterocycles. The molecule has 0 spiro atoms. The molecule has 31 heavy (non-hydrogen) atoms. The van der Waals surface area contributed by atoms with Gasteiger partial charge in [-0.25, -0.2) is 13.2 Å². The summed E-state index contributed by atoms with van der Waals surface area (Å²) in [6.45, 7) is 5.15. The van der Waals surface area contributed by atoms with E-state index in [0.717, 1.165) is 5.56 Å². The number of benzene rings is 2. The topological polar surface area (TPSA) is 96.0 Å².